The number of carbonyl (C=O) groups is 1. The molecule has 5 nitrogen and oxygen atoms in total. The van der Waals surface area contributed by atoms with Gasteiger partial charge in [0.1, 0.15) is 5.82 Å². The average molecular weight is 356 g/mol. The summed E-state index contributed by atoms with van der Waals surface area (Å²) >= 11 is 5.75. The predicted octanol–water partition coefficient (Wildman–Crippen LogP) is 1.41. The maximum Gasteiger partial charge on any atom is 0.237 e. The molecule has 24 heavy (non-hydrogen) atoms. The molecule has 2 saturated heterocycles. The molecular weight excluding hydrogens is 333 g/mol. The summed E-state index contributed by atoms with van der Waals surface area (Å²) in [4.78, 5) is 14.7. The Balaban J connectivity index is 1.45. The van der Waals surface area contributed by atoms with Crippen LogP contribution in [0.4, 0.5) is 4.39 Å². The second-order valence-electron chi connectivity index (χ2n) is 6.41. The van der Waals surface area contributed by atoms with Crippen LogP contribution in [0.2, 0.25) is 5.02 Å². The van der Waals surface area contributed by atoms with Crippen LogP contribution in [-0.2, 0) is 16.1 Å². The van der Waals surface area contributed by atoms with Crippen molar-refractivity contribution in [3.05, 3.63) is 34.6 Å². The summed E-state index contributed by atoms with van der Waals surface area (Å²) in [5, 5.41) is 6.14. The molecule has 0 spiro atoms. The van der Waals surface area contributed by atoms with Gasteiger partial charge >= 0.3 is 0 Å². The van der Waals surface area contributed by atoms with Crippen LogP contribution in [-0.4, -0.2) is 56.2 Å². The molecule has 7 heteroatoms. The summed E-state index contributed by atoms with van der Waals surface area (Å²) in [6.45, 7) is 5.47. The van der Waals surface area contributed by atoms with Crippen molar-refractivity contribution in [3.8, 4) is 0 Å². The quantitative estimate of drug-likeness (QED) is 0.838. The third-order valence-corrected chi connectivity index (χ3v) is 4.94. The first-order valence-electron chi connectivity index (χ1n) is 8.37. The lowest BCUT2D eigenvalue weighted by Crippen LogP contribution is -2.40. The van der Waals surface area contributed by atoms with Crippen LogP contribution in [0.25, 0.3) is 0 Å². The zero-order valence-electron chi connectivity index (χ0n) is 13.6. The maximum atomic E-state index is 13.8. The van der Waals surface area contributed by atoms with Gasteiger partial charge in [0.25, 0.3) is 0 Å². The van der Waals surface area contributed by atoms with E-state index in [9.17, 15) is 9.18 Å². The van der Waals surface area contributed by atoms with Gasteiger partial charge in [-0.1, -0.05) is 23.7 Å². The number of morpholine rings is 1. The molecule has 2 fully saturated rings. The Morgan fingerprint density at radius 3 is 3.00 bits per heavy atom. The van der Waals surface area contributed by atoms with Gasteiger partial charge in [0, 0.05) is 31.7 Å². The van der Waals surface area contributed by atoms with Gasteiger partial charge in [0.15, 0.2) is 0 Å². The summed E-state index contributed by atoms with van der Waals surface area (Å²) in [6.07, 6.45) is 0.807. The SMILES string of the molecule is O=C(NCc1cccc(Cl)c1F)[C@@H]1CC(CN2CCOCC2)CN1. The van der Waals surface area contributed by atoms with Crippen molar-refractivity contribution in [2.75, 3.05) is 39.4 Å². The first kappa shape index (κ1) is 17.6. The van der Waals surface area contributed by atoms with Crippen LogP contribution in [0.5, 0.6) is 0 Å². The van der Waals surface area contributed by atoms with Crippen LogP contribution < -0.4 is 10.6 Å². The largest absolute Gasteiger partial charge is 0.379 e. The minimum Gasteiger partial charge on any atom is -0.379 e. The number of amides is 1. The predicted molar refractivity (Wildman–Crippen MR) is 90.4 cm³/mol. The van der Waals surface area contributed by atoms with E-state index in [2.05, 4.69) is 15.5 Å². The second kappa shape index (κ2) is 8.25. The van der Waals surface area contributed by atoms with Crippen LogP contribution in [0, 0.1) is 11.7 Å². The lowest BCUT2D eigenvalue weighted by molar-refractivity contribution is -0.123. The number of hydrogen-bond donors (Lipinski definition) is 2. The Morgan fingerprint density at radius 1 is 1.42 bits per heavy atom. The fraction of sp³-hybridized carbons (Fsp3) is 0.588. The van der Waals surface area contributed by atoms with E-state index in [1.54, 1.807) is 12.1 Å². The Morgan fingerprint density at radius 2 is 2.21 bits per heavy atom. The average Bonchev–Trinajstić information content (AvgIpc) is 3.05. The summed E-state index contributed by atoms with van der Waals surface area (Å²) in [6, 6.07) is 4.60. The maximum absolute atomic E-state index is 13.8. The van der Waals surface area contributed by atoms with Crippen molar-refractivity contribution in [2.24, 2.45) is 5.92 Å². The molecule has 0 bridgehead atoms. The lowest BCUT2D eigenvalue weighted by atomic mass is 10.0. The van der Waals surface area contributed by atoms with Gasteiger partial charge in [-0.25, -0.2) is 4.39 Å². The number of benzene rings is 1. The van der Waals surface area contributed by atoms with Crippen molar-refractivity contribution in [1.82, 2.24) is 15.5 Å². The first-order valence-corrected chi connectivity index (χ1v) is 8.75. The van der Waals surface area contributed by atoms with Crippen molar-refractivity contribution >= 4 is 17.5 Å². The van der Waals surface area contributed by atoms with E-state index in [0.717, 1.165) is 45.8 Å². The third kappa shape index (κ3) is 4.45. The van der Waals surface area contributed by atoms with E-state index in [-0.39, 0.29) is 23.5 Å². The van der Waals surface area contributed by atoms with Gasteiger partial charge < -0.3 is 15.4 Å². The Bertz CT molecular complexity index is 581. The normalized spacial score (nSPS) is 24.9. The van der Waals surface area contributed by atoms with Crippen LogP contribution >= 0.6 is 11.6 Å². The fourth-order valence-electron chi connectivity index (χ4n) is 3.29. The fourth-order valence-corrected chi connectivity index (χ4v) is 3.48. The number of carbonyl (C=O) groups excluding carboxylic acids is 1. The third-order valence-electron chi connectivity index (χ3n) is 4.64. The Hall–Kier alpha value is -1.21. The lowest BCUT2D eigenvalue weighted by Gasteiger charge is -2.28. The topological polar surface area (TPSA) is 53.6 Å². The highest BCUT2D eigenvalue weighted by atomic mass is 35.5. The van der Waals surface area contributed by atoms with Gasteiger partial charge in [-0.2, -0.15) is 0 Å². The summed E-state index contributed by atoms with van der Waals surface area (Å²) in [5.41, 5.74) is 0.402. The van der Waals surface area contributed by atoms with Gasteiger partial charge in [-0.05, 0) is 24.9 Å². The number of nitrogens with one attached hydrogen (secondary N) is 2. The van der Waals surface area contributed by atoms with E-state index in [1.807, 2.05) is 0 Å². The smallest absolute Gasteiger partial charge is 0.237 e. The molecule has 0 aliphatic carbocycles. The zero-order chi connectivity index (χ0) is 16.9. The molecule has 2 heterocycles. The van der Waals surface area contributed by atoms with E-state index < -0.39 is 5.82 Å². The van der Waals surface area contributed by atoms with Gasteiger partial charge in [0.2, 0.25) is 5.91 Å². The highest BCUT2D eigenvalue weighted by Gasteiger charge is 2.30. The summed E-state index contributed by atoms with van der Waals surface area (Å²) < 4.78 is 19.2. The zero-order valence-corrected chi connectivity index (χ0v) is 14.3. The van der Waals surface area contributed by atoms with E-state index in [0.29, 0.717) is 11.5 Å². The van der Waals surface area contributed by atoms with Crippen LogP contribution in [0.3, 0.4) is 0 Å². The number of rotatable bonds is 5. The molecule has 1 amide bonds. The monoisotopic (exact) mass is 355 g/mol. The van der Waals surface area contributed by atoms with E-state index in [4.69, 9.17) is 16.3 Å². The highest BCUT2D eigenvalue weighted by Crippen LogP contribution is 2.19. The Labute approximate surface area is 146 Å². The molecule has 2 N–H and O–H groups in total. The highest BCUT2D eigenvalue weighted by molar-refractivity contribution is 6.30. The van der Waals surface area contributed by atoms with Crippen LogP contribution in [0.15, 0.2) is 18.2 Å². The minimum atomic E-state index is -0.468. The first-order chi connectivity index (χ1) is 11.6. The number of halogens is 2. The molecule has 3 rings (SSSR count). The van der Waals surface area contributed by atoms with E-state index in [1.165, 1.54) is 6.07 Å². The number of nitrogens with zero attached hydrogens (tertiary/aromatic N) is 1. The van der Waals surface area contributed by atoms with Crippen molar-refractivity contribution in [1.29, 1.82) is 0 Å². The van der Waals surface area contributed by atoms with Crippen molar-refractivity contribution in [3.63, 3.8) is 0 Å². The molecule has 2 aliphatic heterocycles. The molecular formula is C17H23ClFN3O2. The molecule has 0 saturated carbocycles. The van der Waals surface area contributed by atoms with E-state index >= 15 is 0 Å². The Kier molecular flexibility index (Phi) is 6.05. The summed E-state index contributed by atoms with van der Waals surface area (Å²) in [7, 11) is 0. The van der Waals surface area contributed by atoms with Crippen molar-refractivity contribution in [2.45, 2.75) is 19.0 Å². The standard InChI is InChI=1S/C17H23ClFN3O2/c18-14-3-1-2-13(16(14)19)10-21-17(23)15-8-12(9-20-15)11-22-4-6-24-7-5-22/h1-3,12,15,20H,4-11H2,(H,21,23)/t12?,15-/m0/s1. The molecule has 1 unspecified atom stereocenters. The molecule has 1 aromatic rings. The second-order valence-corrected chi connectivity index (χ2v) is 6.81. The van der Waals surface area contributed by atoms with Gasteiger partial charge in [0.05, 0.1) is 24.3 Å². The number of ether oxygens (including phenoxy) is 1. The van der Waals surface area contributed by atoms with Crippen LogP contribution in [0.1, 0.15) is 12.0 Å². The molecule has 1 aromatic carbocycles. The molecule has 0 aromatic heterocycles. The number of hydrogen-bond acceptors (Lipinski definition) is 4. The molecule has 2 atom stereocenters. The minimum absolute atomic E-state index is 0.0753. The van der Waals surface area contributed by atoms with Gasteiger partial charge in [-0.15, -0.1) is 0 Å². The summed E-state index contributed by atoms with van der Waals surface area (Å²) in [5.74, 6) is -0.0929. The van der Waals surface area contributed by atoms with Crippen molar-refractivity contribution < 1.29 is 13.9 Å². The van der Waals surface area contributed by atoms with Gasteiger partial charge in [-0.3, -0.25) is 9.69 Å². The molecule has 132 valence electrons. The molecule has 0 radical (unpaired) electrons. The molecule has 2 aliphatic rings.